The largest absolute Gasteiger partial charge is 0.587 e. The lowest BCUT2D eigenvalue weighted by Gasteiger charge is -2.16. The van der Waals surface area contributed by atoms with Gasteiger partial charge >= 0.3 is 7.82 Å². The van der Waals surface area contributed by atoms with Crippen LogP contribution in [-0.4, -0.2) is 6.61 Å². The van der Waals surface area contributed by atoms with Crippen LogP contribution in [0.5, 0.6) is 5.75 Å². The van der Waals surface area contributed by atoms with Crippen LogP contribution in [0.4, 0.5) is 0 Å². The number of hydrogen-bond acceptors (Lipinski definition) is 4. The van der Waals surface area contributed by atoms with Crippen LogP contribution in [0.3, 0.4) is 0 Å². The highest BCUT2D eigenvalue weighted by molar-refractivity contribution is 7.49. The molecular weight excluding hydrogens is 227 g/mol. The van der Waals surface area contributed by atoms with E-state index in [4.69, 9.17) is 13.6 Å². The summed E-state index contributed by atoms with van der Waals surface area (Å²) in [6.07, 6.45) is 1.38. The second kappa shape index (κ2) is 4.73. The summed E-state index contributed by atoms with van der Waals surface area (Å²) >= 11 is 0. The first-order valence-electron chi connectivity index (χ1n) is 5.05. The Balaban J connectivity index is 2.12. The minimum absolute atomic E-state index is 0.350. The maximum Gasteiger partial charge on any atom is 0.587 e. The number of phosphoric acid groups is 1. The molecule has 1 aliphatic rings. The molecule has 16 heavy (non-hydrogen) atoms. The second-order valence-electron chi connectivity index (χ2n) is 3.42. The minimum Gasteiger partial charge on any atom is -0.400 e. The average molecular weight is 240 g/mol. The number of phosphoric ester groups is 1. The Morgan fingerprint density at radius 1 is 1.31 bits per heavy atom. The smallest absolute Gasteiger partial charge is 0.400 e. The van der Waals surface area contributed by atoms with E-state index in [2.05, 4.69) is 6.58 Å². The van der Waals surface area contributed by atoms with E-state index >= 15 is 0 Å². The van der Waals surface area contributed by atoms with Gasteiger partial charge in [0.15, 0.2) is 0 Å². The molecule has 0 N–H and O–H groups in total. The first-order chi connectivity index (χ1) is 7.68. The standard InChI is InChI=1S/C11H13O4P/c1-10-6-5-9-13-16(12,14-10)15-11-7-3-2-4-8-11/h2-4,7-8H,1,5-6,9H2. The van der Waals surface area contributed by atoms with Crippen molar-refractivity contribution in [3.63, 3.8) is 0 Å². The molecule has 1 aliphatic heterocycles. The van der Waals surface area contributed by atoms with Crippen molar-refractivity contribution >= 4 is 7.82 Å². The number of para-hydroxylation sites is 1. The molecule has 4 nitrogen and oxygen atoms in total. The zero-order valence-electron chi connectivity index (χ0n) is 8.80. The molecule has 5 heteroatoms. The quantitative estimate of drug-likeness (QED) is 0.742. The Labute approximate surface area is 94.5 Å². The lowest BCUT2D eigenvalue weighted by Crippen LogP contribution is -1.99. The third-order valence-corrected chi connectivity index (χ3v) is 3.47. The lowest BCUT2D eigenvalue weighted by molar-refractivity contribution is 0.203. The van der Waals surface area contributed by atoms with Gasteiger partial charge in [0.2, 0.25) is 0 Å². The Morgan fingerprint density at radius 3 is 2.81 bits per heavy atom. The lowest BCUT2D eigenvalue weighted by atomic mass is 10.3. The van der Waals surface area contributed by atoms with Gasteiger partial charge in [-0.3, -0.25) is 4.52 Å². The van der Waals surface area contributed by atoms with Gasteiger partial charge in [0.1, 0.15) is 11.5 Å². The molecule has 0 bridgehead atoms. The predicted octanol–water partition coefficient (Wildman–Crippen LogP) is 3.51. The summed E-state index contributed by atoms with van der Waals surface area (Å²) in [4.78, 5) is 0. The van der Waals surface area contributed by atoms with E-state index in [1.165, 1.54) is 0 Å². The van der Waals surface area contributed by atoms with Crippen LogP contribution in [0.1, 0.15) is 12.8 Å². The fourth-order valence-corrected chi connectivity index (χ4v) is 2.61. The average Bonchev–Trinajstić information content (AvgIpc) is 2.41. The molecule has 1 saturated heterocycles. The van der Waals surface area contributed by atoms with E-state index in [9.17, 15) is 4.57 Å². The minimum atomic E-state index is -3.53. The van der Waals surface area contributed by atoms with Crippen molar-refractivity contribution in [2.75, 3.05) is 6.61 Å². The molecule has 0 spiro atoms. The molecular formula is C11H13O4P. The van der Waals surface area contributed by atoms with Gasteiger partial charge in [-0.1, -0.05) is 24.8 Å². The van der Waals surface area contributed by atoms with E-state index in [0.29, 0.717) is 24.5 Å². The number of benzene rings is 1. The molecule has 2 rings (SSSR count). The van der Waals surface area contributed by atoms with E-state index in [0.717, 1.165) is 6.42 Å². The highest BCUT2D eigenvalue weighted by atomic mass is 31.2. The van der Waals surface area contributed by atoms with Gasteiger partial charge in [-0.05, 0) is 18.6 Å². The predicted molar refractivity (Wildman–Crippen MR) is 60.1 cm³/mol. The van der Waals surface area contributed by atoms with Crippen LogP contribution < -0.4 is 4.52 Å². The fraction of sp³-hybridized carbons (Fsp3) is 0.273. The Morgan fingerprint density at radius 2 is 2.06 bits per heavy atom. The molecule has 0 amide bonds. The van der Waals surface area contributed by atoms with Crippen molar-refractivity contribution in [3.05, 3.63) is 42.7 Å². The summed E-state index contributed by atoms with van der Waals surface area (Å²) in [6.45, 7) is 4.01. The van der Waals surface area contributed by atoms with Gasteiger partial charge in [-0.15, -0.1) is 0 Å². The Bertz CT molecular complexity index is 415. The summed E-state index contributed by atoms with van der Waals surface area (Å²) in [5.74, 6) is 0.900. The van der Waals surface area contributed by atoms with E-state index in [1.807, 2.05) is 6.07 Å². The number of allylic oxidation sites excluding steroid dienone is 1. The van der Waals surface area contributed by atoms with Crippen LogP contribution in [-0.2, 0) is 13.6 Å². The van der Waals surface area contributed by atoms with Crippen molar-refractivity contribution in [3.8, 4) is 5.75 Å². The summed E-state index contributed by atoms with van der Waals surface area (Å²) in [7, 11) is -3.53. The highest BCUT2D eigenvalue weighted by Gasteiger charge is 2.32. The third-order valence-electron chi connectivity index (χ3n) is 2.05. The number of hydrogen-bond donors (Lipinski definition) is 0. The Hall–Kier alpha value is -1.25. The van der Waals surface area contributed by atoms with Gasteiger partial charge < -0.3 is 9.05 Å². The van der Waals surface area contributed by atoms with Crippen LogP contribution in [0.15, 0.2) is 42.7 Å². The Kier molecular flexibility index (Phi) is 3.32. The molecule has 0 saturated carbocycles. The maximum absolute atomic E-state index is 12.1. The van der Waals surface area contributed by atoms with Crippen LogP contribution >= 0.6 is 7.82 Å². The summed E-state index contributed by atoms with van der Waals surface area (Å²) in [5, 5.41) is 0. The topological polar surface area (TPSA) is 44.8 Å². The monoisotopic (exact) mass is 240 g/mol. The maximum atomic E-state index is 12.1. The highest BCUT2D eigenvalue weighted by Crippen LogP contribution is 2.53. The first kappa shape index (κ1) is 11.2. The summed E-state index contributed by atoms with van der Waals surface area (Å²) in [5.41, 5.74) is 0. The molecule has 0 aliphatic carbocycles. The van der Waals surface area contributed by atoms with E-state index in [1.54, 1.807) is 24.3 Å². The van der Waals surface area contributed by atoms with Crippen molar-refractivity contribution < 1.29 is 18.1 Å². The zero-order valence-corrected chi connectivity index (χ0v) is 9.69. The normalized spacial score (nSPS) is 25.6. The molecule has 0 aromatic heterocycles. The zero-order chi connectivity index (χ0) is 11.4. The molecule has 1 aromatic carbocycles. The van der Waals surface area contributed by atoms with Crippen molar-refractivity contribution in [1.82, 2.24) is 0 Å². The van der Waals surface area contributed by atoms with Gasteiger partial charge in [0.05, 0.1) is 6.61 Å². The first-order valence-corrected chi connectivity index (χ1v) is 6.51. The molecule has 1 heterocycles. The van der Waals surface area contributed by atoms with Gasteiger partial charge in [0, 0.05) is 6.42 Å². The van der Waals surface area contributed by atoms with Crippen LogP contribution in [0.25, 0.3) is 0 Å². The second-order valence-corrected chi connectivity index (χ2v) is 4.94. The SMILES string of the molecule is C=C1CCCOP(=O)(Oc2ccccc2)O1. The number of rotatable bonds is 2. The van der Waals surface area contributed by atoms with Gasteiger partial charge in [-0.25, -0.2) is 4.57 Å². The van der Waals surface area contributed by atoms with Gasteiger partial charge in [-0.2, -0.15) is 0 Å². The molecule has 86 valence electrons. The van der Waals surface area contributed by atoms with Crippen LogP contribution in [0, 0.1) is 0 Å². The molecule has 1 unspecified atom stereocenters. The van der Waals surface area contributed by atoms with Crippen molar-refractivity contribution in [2.24, 2.45) is 0 Å². The fourth-order valence-electron chi connectivity index (χ4n) is 1.33. The molecule has 1 aromatic rings. The third kappa shape index (κ3) is 2.87. The van der Waals surface area contributed by atoms with E-state index in [-0.39, 0.29) is 0 Å². The molecule has 1 atom stereocenters. The van der Waals surface area contributed by atoms with Crippen LogP contribution in [0.2, 0.25) is 0 Å². The molecule has 0 radical (unpaired) electrons. The summed E-state index contributed by atoms with van der Waals surface area (Å²) < 4.78 is 27.6. The van der Waals surface area contributed by atoms with Crippen molar-refractivity contribution in [2.45, 2.75) is 12.8 Å². The summed E-state index contributed by atoms with van der Waals surface area (Å²) in [6, 6.07) is 8.80. The van der Waals surface area contributed by atoms with Crippen molar-refractivity contribution in [1.29, 1.82) is 0 Å². The van der Waals surface area contributed by atoms with E-state index < -0.39 is 7.82 Å². The molecule has 1 fully saturated rings. The van der Waals surface area contributed by atoms with Gasteiger partial charge in [0.25, 0.3) is 0 Å².